The molecule has 0 saturated heterocycles. The zero-order valence-electron chi connectivity index (χ0n) is 15.8. The van der Waals surface area contributed by atoms with Gasteiger partial charge >= 0.3 is 7.12 Å². The summed E-state index contributed by atoms with van der Waals surface area (Å²) in [6, 6.07) is 1.18. The number of benzene rings is 1. The lowest BCUT2D eigenvalue weighted by Gasteiger charge is -2.32. The molecule has 1 unspecified atom stereocenters. The molecule has 1 aromatic carbocycles. The number of carbonyl (C=O) groups excluding carboxylic acids is 1. The van der Waals surface area contributed by atoms with E-state index in [4.69, 9.17) is 4.65 Å². The van der Waals surface area contributed by atoms with Crippen LogP contribution in [-0.4, -0.2) is 28.0 Å². The maximum absolute atomic E-state index is 14.3. The molecular weight excluding hydrogens is 454 g/mol. The Bertz CT molecular complexity index is 701. The Morgan fingerprint density at radius 1 is 1.35 bits per heavy atom. The Balaban J connectivity index is 2.20. The van der Waals surface area contributed by atoms with Gasteiger partial charge in [0.1, 0.15) is 0 Å². The number of halogens is 3. The molecule has 4 nitrogen and oxygen atoms in total. The number of hydrogen-bond donors (Lipinski definition) is 2. The first-order valence-electron chi connectivity index (χ1n) is 8.60. The van der Waals surface area contributed by atoms with Gasteiger partial charge in [-0.2, -0.15) is 0 Å². The highest BCUT2D eigenvalue weighted by molar-refractivity contribution is 6.61. The Hall–Kier alpha value is -0.735. The second kappa shape index (κ2) is 7.71. The van der Waals surface area contributed by atoms with Crippen LogP contribution in [0.1, 0.15) is 57.0 Å². The quantitative estimate of drug-likeness (QED) is 0.324. The maximum atomic E-state index is 14.3. The van der Waals surface area contributed by atoms with Gasteiger partial charge in [0.05, 0.1) is 12.2 Å². The van der Waals surface area contributed by atoms with Crippen molar-refractivity contribution in [1.29, 1.82) is 0 Å². The lowest BCUT2D eigenvalue weighted by Crippen LogP contribution is -3.42. The second-order valence-corrected chi connectivity index (χ2v) is 11.7. The summed E-state index contributed by atoms with van der Waals surface area (Å²) in [7, 11) is -1.34. The zero-order chi connectivity index (χ0) is 19.9. The normalized spacial score (nSPS) is 15.8. The van der Waals surface area contributed by atoms with Gasteiger partial charge in [-0.3, -0.25) is 4.79 Å². The molecule has 0 saturated carbocycles. The molecule has 1 aliphatic heterocycles. The maximum Gasteiger partial charge on any atom is 0.491 e. The van der Waals surface area contributed by atoms with E-state index in [1.54, 1.807) is 0 Å². The average molecular weight is 480 g/mol. The lowest BCUT2D eigenvalue weighted by molar-refractivity contribution is -0.470. The number of rotatable bonds is 5. The topological polar surface area (TPSA) is 58.6 Å². The molecule has 0 bridgehead atoms. The van der Waals surface area contributed by atoms with Crippen LogP contribution in [0.15, 0.2) is 6.07 Å². The minimum Gasteiger partial charge on any atom is -0.423 e. The molecule has 0 radical (unpaired) electrons. The molecule has 1 atom stereocenters. The number of amides is 1. The first kappa shape index (κ1) is 21.6. The lowest BCUT2D eigenvalue weighted by atomic mass is 9.76. The molecular formula is C18H26BF2INO3+. The molecule has 1 heterocycles. The Morgan fingerprint density at radius 3 is 2.50 bits per heavy atom. The van der Waals surface area contributed by atoms with Gasteiger partial charge in [0.15, 0.2) is 15.1 Å². The number of hydrogen-bond acceptors (Lipinski definition) is 3. The molecule has 26 heavy (non-hydrogen) atoms. The van der Waals surface area contributed by atoms with Crippen LogP contribution in [0.25, 0.3) is 0 Å². The van der Waals surface area contributed by atoms with Gasteiger partial charge in [-0.1, -0.05) is 20.8 Å². The Morgan fingerprint density at radius 2 is 1.96 bits per heavy atom. The zero-order valence-corrected chi connectivity index (χ0v) is 18.1. The van der Waals surface area contributed by atoms with Crippen LogP contribution in [0, 0.1) is 23.0 Å². The minimum absolute atomic E-state index is 0.0350. The van der Waals surface area contributed by atoms with Crippen LogP contribution >= 0.6 is 0 Å². The van der Waals surface area contributed by atoms with Crippen LogP contribution in [0.4, 0.5) is 8.78 Å². The van der Waals surface area contributed by atoms with E-state index in [2.05, 4.69) is 39.9 Å². The van der Waals surface area contributed by atoms with Gasteiger partial charge in [0, 0.05) is 18.5 Å². The van der Waals surface area contributed by atoms with E-state index in [0.717, 1.165) is 6.42 Å². The predicted molar refractivity (Wildman–Crippen MR) is 94.1 cm³/mol. The van der Waals surface area contributed by atoms with Crippen molar-refractivity contribution < 1.29 is 45.8 Å². The molecule has 2 rings (SSSR count). The van der Waals surface area contributed by atoms with Gasteiger partial charge in [-0.15, -0.1) is 0 Å². The van der Waals surface area contributed by atoms with Crippen molar-refractivity contribution in [3.05, 3.63) is 28.8 Å². The highest BCUT2D eigenvalue weighted by Gasteiger charge is 2.36. The molecule has 144 valence electrons. The van der Waals surface area contributed by atoms with Crippen molar-refractivity contribution in [3.8, 4) is 0 Å². The van der Waals surface area contributed by atoms with Crippen molar-refractivity contribution in [3.63, 3.8) is 0 Å². The number of alkyl halides is 1. The highest BCUT2D eigenvalue weighted by atomic mass is 127. The summed E-state index contributed by atoms with van der Waals surface area (Å²) >= 11 is 2.05. The van der Waals surface area contributed by atoms with Crippen molar-refractivity contribution in [2.75, 3.05) is 6.54 Å². The standard InChI is InChI=1S/C18H25BF2INO3/c1-17(2,3)10(7-18(4,5)22)8-23-16(24)11-6-13-12(9-26-19(13)25)15(21)14(11)20/h6,10,22,25H,7-9H2,1-5H3/p+1. The van der Waals surface area contributed by atoms with Gasteiger partial charge in [0.25, 0.3) is 28.5 Å². The summed E-state index contributed by atoms with van der Waals surface area (Å²) in [5, 5.41) is 12.4. The smallest absolute Gasteiger partial charge is 0.423 e. The number of nitrogens with one attached hydrogen (secondary N) is 1. The molecule has 1 aliphatic rings. The highest BCUT2D eigenvalue weighted by Crippen LogP contribution is 2.30. The monoisotopic (exact) mass is 480 g/mol. The average Bonchev–Trinajstić information content (AvgIpc) is 2.86. The largest absolute Gasteiger partial charge is 0.491 e. The summed E-state index contributed by atoms with van der Waals surface area (Å²) in [5.74, 6) is -2.85. The van der Waals surface area contributed by atoms with Crippen molar-refractivity contribution in [2.45, 2.75) is 51.1 Å². The van der Waals surface area contributed by atoms with Gasteiger partial charge in [-0.25, -0.2) is 8.78 Å². The molecule has 1 aromatic rings. The minimum atomic E-state index is -1.34. The van der Waals surface area contributed by atoms with Gasteiger partial charge in [0.2, 0.25) is 0 Å². The van der Waals surface area contributed by atoms with E-state index in [1.165, 1.54) is 6.07 Å². The fourth-order valence-electron chi connectivity index (χ4n) is 3.06. The van der Waals surface area contributed by atoms with Crippen molar-refractivity contribution >= 4 is 18.5 Å². The molecule has 2 N–H and O–H groups in total. The molecule has 0 aliphatic carbocycles. The third-order valence-electron chi connectivity index (χ3n) is 4.71. The summed E-state index contributed by atoms with van der Waals surface area (Å²) in [6.45, 7) is 10.7. The third-order valence-corrected chi connectivity index (χ3v) is 5.19. The first-order valence-corrected chi connectivity index (χ1v) is 9.77. The van der Waals surface area contributed by atoms with Crippen LogP contribution in [0.3, 0.4) is 0 Å². The summed E-state index contributed by atoms with van der Waals surface area (Å²) < 4.78 is 33.5. The van der Waals surface area contributed by atoms with E-state index in [1.807, 2.05) is 22.6 Å². The molecule has 0 fully saturated rings. The summed E-state index contributed by atoms with van der Waals surface area (Å²) in [5.41, 5.74) is -0.382. The van der Waals surface area contributed by atoms with E-state index in [0.29, 0.717) is 6.54 Å². The van der Waals surface area contributed by atoms with E-state index in [-0.39, 0.29) is 32.4 Å². The van der Waals surface area contributed by atoms with E-state index in [9.17, 15) is 18.6 Å². The fourth-order valence-corrected chi connectivity index (χ4v) is 3.63. The van der Waals surface area contributed by atoms with Crippen molar-refractivity contribution in [2.24, 2.45) is 11.3 Å². The van der Waals surface area contributed by atoms with Crippen LogP contribution in [0.2, 0.25) is 0 Å². The third kappa shape index (κ3) is 4.95. The summed E-state index contributed by atoms with van der Waals surface area (Å²) in [6.07, 6.45) is 0.884. The molecule has 1 amide bonds. The Labute approximate surface area is 167 Å². The molecule has 0 aromatic heterocycles. The summed E-state index contributed by atoms with van der Waals surface area (Å²) in [4.78, 5) is 12.5. The first-order chi connectivity index (χ1) is 11.8. The second-order valence-electron chi connectivity index (χ2n) is 8.52. The molecule has 8 heteroatoms. The number of fused-ring (bicyclic) bond motifs is 1. The van der Waals surface area contributed by atoms with E-state index >= 15 is 0 Å². The van der Waals surface area contributed by atoms with Gasteiger partial charge < -0.3 is 15.0 Å². The number of carbonyl (C=O) groups is 1. The van der Waals surface area contributed by atoms with E-state index < -0.39 is 30.2 Å². The predicted octanol–water partition coefficient (Wildman–Crippen LogP) is -0.971. The molecule has 0 spiro atoms. The van der Waals surface area contributed by atoms with Crippen LogP contribution in [-0.2, 0) is 11.3 Å². The van der Waals surface area contributed by atoms with Crippen LogP contribution in [0.5, 0.6) is 0 Å². The Kier molecular flexibility index (Phi) is 6.40. The van der Waals surface area contributed by atoms with Crippen molar-refractivity contribution in [1.82, 2.24) is 5.32 Å². The van der Waals surface area contributed by atoms with Crippen LogP contribution < -0.4 is 33.4 Å². The SMILES string of the molecule is CC(C)([IH+])CC(CNC(=O)c1cc2c(c(F)c1F)COB2O)C(C)(C)C. The fraction of sp³-hybridized carbons (Fsp3) is 0.611. The van der Waals surface area contributed by atoms with Gasteiger partial charge in [-0.05, 0) is 36.7 Å².